The van der Waals surface area contributed by atoms with Crippen LogP contribution < -0.4 is 16.0 Å². The maximum absolute atomic E-state index is 5.81. The number of hydrazine groups is 1. The lowest BCUT2D eigenvalue weighted by Crippen LogP contribution is -2.32. The lowest BCUT2D eigenvalue weighted by Gasteiger charge is -2.15. The molecule has 2 aromatic rings. The van der Waals surface area contributed by atoms with Gasteiger partial charge in [-0.05, 0) is 48.2 Å². The minimum Gasteiger partial charge on any atom is -0.492 e. The number of nitrogens with two attached hydrogens (primary N) is 1. The zero-order valence-corrected chi connectivity index (χ0v) is 11.6. The van der Waals surface area contributed by atoms with Gasteiger partial charge in [-0.2, -0.15) is 0 Å². The highest BCUT2D eigenvalue weighted by atomic mass is 35.5. The van der Waals surface area contributed by atoms with E-state index < -0.39 is 0 Å². The number of benzene rings is 1. The number of hydrogen-bond donors (Lipinski definition) is 2. The standard InChI is InChI=1S/C13H15ClN2OS/c1-9-6-10(8-18-9)13(16-15)7-17-12-4-2-11(14)3-5-12/h2-6,8,13,16H,7,15H2,1H3. The molecule has 1 heterocycles. The molecule has 0 radical (unpaired) electrons. The van der Waals surface area contributed by atoms with Gasteiger partial charge in [0.2, 0.25) is 0 Å². The van der Waals surface area contributed by atoms with Gasteiger partial charge in [0.05, 0.1) is 6.04 Å². The molecule has 3 nitrogen and oxygen atoms in total. The van der Waals surface area contributed by atoms with Crippen molar-refractivity contribution < 1.29 is 4.74 Å². The summed E-state index contributed by atoms with van der Waals surface area (Å²) in [6.07, 6.45) is 0. The van der Waals surface area contributed by atoms with E-state index in [4.69, 9.17) is 22.2 Å². The number of ether oxygens (including phenoxy) is 1. The third kappa shape index (κ3) is 3.46. The molecular weight excluding hydrogens is 268 g/mol. The van der Waals surface area contributed by atoms with Gasteiger partial charge in [0.25, 0.3) is 0 Å². The lowest BCUT2D eigenvalue weighted by molar-refractivity contribution is 0.268. The summed E-state index contributed by atoms with van der Waals surface area (Å²) in [5.74, 6) is 6.34. The first kappa shape index (κ1) is 13.4. The van der Waals surface area contributed by atoms with Gasteiger partial charge in [0.1, 0.15) is 12.4 Å². The molecule has 3 N–H and O–H groups in total. The Morgan fingerprint density at radius 1 is 1.39 bits per heavy atom. The zero-order valence-electron chi connectivity index (χ0n) is 10.0. The van der Waals surface area contributed by atoms with Crippen molar-refractivity contribution in [2.24, 2.45) is 5.84 Å². The van der Waals surface area contributed by atoms with Crippen molar-refractivity contribution in [3.05, 3.63) is 51.2 Å². The zero-order chi connectivity index (χ0) is 13.0. The molecule has 2 rings (SSSR count). The number of hydrogen-bond acceptors (Lipinski definition) is 4. The SMILES string of the molecule is Cc1cc(C(COc2ccc(Cl)cc2)NN)cs1. The fourth-order valence-electron chi connectivity index (χ4n) is 1.60. The first-order valence-corrected chi connectivity index (χ1v) is 6.84. The van der Waals surface area contributed by atoms with Gasteiger partial charge in [-0.3, -0.25) is 5.84 Å². The highest BCUT2D eigenvalue weighted by Crippen LogP contribution is 2.22. The number of thiophene rings is 1. The number of rotatable bonds is 5. The van der Waals surface area contributed by atoms with Gasteiger partial charge in [-0.25, -0.2) is 5.43 Å². The summed E-state index contributed by atoms with van der Waals surface area (Å²) in [4.78, 5) is 1.26. The second-order valence-electron chi connectivity index (χ2n) is 3.97. The van der Waals surface area contributed by atoms with Crippen molar-refractivity contribution in [1.82, 2.24) is 5.43 Å². The summed E-state index contributed by atoms with van der Waals surface area (Å²) in [6.45, 7) is 2.55. The largest absolute Gasteiger partial charge is 0.492 e. The van der Waals surface area contributed by atoms with Crippen LogP contribution in [0.4, 0.5) is 0 Å². The first-order chi connectivity index (χ1) is 8.69. The van der Waals surface area contributed by atoms with Crippen molar-refractivity contribution >= 4 is 22.9 Å². The van der Waals surface area contributed by atoms with Crippen LogP contribution in [0.25, 0.3) is 0 Å². The van der Waals surface area contributed by atoms with Crippen LogP contribution in [0.5, 0.6) is 5.75 Å². The van der Waals surface area contributed by atoms with E-state index >= 15 is 0 Å². The van der Waals surface area contributed by atoms with Crippen LogP contribution in [0.3, 0.4) is 0 Å². The van der Waals surface area contributed by atoms with Crippen molar-refractivity contribution in [3.8, 4) is 5.75 Å². The van der Waals surface area contributed by atoms with Gasteiger partial charge in [0.15, 0.2) is 0 Å². The van der Waals surface area contributed by atoms with E-state index in [1.165, 1.54) is 4.88 Å². The highest BCUT2D eigenvalue weighted by Gasteiger charge is 2.11. The third-order valence-corrected chi connectivity index (χ3v) is 3.72. The van der Waals surface area contributed by atoms with Gasteiger partial charge in [-0.1, -0.05) is 11.6 Å². The van der Waals surface area contributed by atoms with E-state index in [1.54, 1.807) is 23.5 Å². The van der Waals surface area contributed by atoms with Crippen LogP contribution in [0.15, 0.2) is 35.7 Å². The average Bonchev–Trinajstić information content (AvgIpc) is 2.79. The number of aryl methyl sites for hydroxylation is 1. The summed E-state index contributed by atoms with van der Waals surface area (Å²) in [7, 11) is 0. The quantitative estimate of drug-likeness (QED) is 0.653. The molecule has 0 fully saturated rings. The van der Waals surface area contributed by atoms with E-state index in [-0.39, 0.29) is 6.04 Å². The van der Waals surface area contributed by atoms with Gasteiger partial charge >= 0.3 is 0 Å². The van der Waals surface area contributed by atoms with E-state index in [0.717, 1.165) is 11.3 Å². The molecule has 0 saturated carbocycles. The molecule has 1 unspecified atom stereocenters. The van der Waals surface area contributed by atoms with Crippen molar-refractivity contribution in [3.63, 3.8) is 0 Å². The molecule has 1 aromatic carbocycles. The molecule has 0 aliphatic rings. The summed E-state index contributed by atoms with van der Waals surface area (Å²) in [5, 5.41) is 2.79. The Labute approximate surface area is 116 Å². The smallest absolute Gasteiger partial charge is 0.119 e. The molecule has 0 saturated heterocycles. The minimum atomic E-state index is -0.00868. The summed E-state index contributed by atoms with van der Waals surface area (Å²) < 4.78 is 5.68. The van der Waals surface area contributed by atoms with E-state index in [1.807, 2.05) is 12.1 Å². The maximum Gasteiger partial charge on any atom is 0.119 e. The predicted molar refractivity (Wildman–Crippen MR) is 76.1 cm³/mol. The van der Waals surface area contributed by atoms with Gasteiger partial charge < -0.3 is 4.74 Å². The van der Waals surface area contributed by atoms with Crippen LogP contribution in [0.1, 0.15) is 16.5 Å². The fourth-order valence-corrected chi connectivity index (χ4v) is 2.48. The molecular formula is C13H15ClN2OS. The lowest BCUT2D eigenvalue weighted by atomic mass is 10.1. The Kier molecular flexibility index (Phi) is 4.60. The van der Waals surface area contributed by atoms with Gasteiger partial charge in [0, 0.05) is 9.90 Å². The topological polar surface area (TPSA) is 47.3 Å². The summed E-state index contributed by atoms with van der Waals surface area (Å²) >= 11 is 7.52. The molecule has 5 heteroatoms. The van der Waals surface area contributed by atoms with Crippen LogP contribution in [-0.2, 0) is 0 Å². The molecule has 0 bridgehead atoms. The summed E-state index contributed by atoms with van der Waals surface area (Å²) in [6, 6.07) is 9.39. The first-order valence-electron chi connectivity index (χ1n) is 5.58. The Balaban J connectivity index is 1.97. The number of halogens is 1. The third-order valence-electron chi connectivity index (χ3n) is 2.58. The average molecular weight is 283 g/mol. The Hall–Kier alpha value is -1.07. The molecule has 1 atom stereocenters. The van der Waals surface area contributed by atoms with Crippen LogP contribution in [0, 0.1) is 6.92 Å². The normalized spacial score (nSPS) is 12.4. The molecule has 0 aliphatic carbocycles. The van der Waals surface area contributed by atoms with Crippen LogP contribution in [-0.4, -0.2) is 6.61 Å². The Bertz CT molecular complexity index is 498. The summed E-state index contributed by atoms with van der Waals surface area (Å²) in [5.41, 5.74) is 3.92. The Morgan fingerprint density at radius 2 is 2.11 bits per heavy atom. The molecule has 0 amide bonds. The van der Waals surface area contributed by atoms with Crippen LogP contribution in [0.2, 0.25) is 5.02 Å². The minimum absolute atomic E-state index is 0.00868. The second-order valence-corrected chi connectivity index (χ2v) is 5.53. The Morgan fingerprint density at radius 3 is 2.67 bits per heavy atom. The highest BCUT2D eigenvalue weighted by molar-refractivity contribution is 7.10. The van der Waals surface area contributed by atoms with E-state index in [2.05, 4.69) is 23.8 Å². The van der Waals surface area contributed by atoms with Crippen molar-refractivity contribution in [2.75, 3.05) is 6.61 Å². The number of nitrogens with one attached hydrogen (secondary N) is 1. The maximum atomic E-state index is 5.81. The monoisotopic (exact) mass is 282 g/mol. The van der Waals surface area contributed by atoms with E-state index in [9.17, 15) is 0 Å². The van der Waals surface area contributed by atoms with Crippen molar-refractivity contribution in [2.45, 2.75) is 13.0 Å². The second kappa shape index (κ2) is 6.20. The molecule has 0 spiro atoms. The molecule has 96 valence electrons. The van der Waals surface area contributed by atoms with Crippen molar-refractivity contribution in [1.29, 1.82) is 0 Å². The predicted octanol–water partition coefficient (Wildman–Crippen LogP) is 3.29. The molecule has 18 heavy (non-hydrogen) atoms. The molecule has 1 aromatic heterocycles. The van der Waals surface area contributed by atoms with Crippen LogP contribution >= 0.6 is 22.9 Å². The van der Waals surface area contributed by atoms with E-state index in [0.29, 0.717) is 11.6 Å². The molecule has 0 aliphatic heterocycles. The van der Waals surface area contributed by atoms with Gasteiger partial charge in [-0.15, -0.1) is 11.3 Å². The fraction of sp³-hybridized carbons (Fsp3) is 0.231.